The molecule has 0 spiro atoms. The Labute approximate surface area is 143 Å². The Morgan fingerprint density at radius 2 is 1.68 bits per heavy atom. The molecule has 4 heterocycles. The summed E-state index contributed by atoms with van der Waals surface area (Å²) in [6, 6.07) is 17.8. The van der Waals surface area contributed by atoms with Crippen LogP contribution in [0.5, 0.6) is 0 Å². The summed E-state index contributed by atoms with van der Waals surface area (Å²) in [7, 11) is 2.02. The molecule has 0 aliphatic heterocycles. The maximum Gasteiger partial charge on any atom is 0.157 e. The normalized spacial score (nSPS) is 11.4. The number of aromatic amines is 1. The van der Waals surface area contributed by atoms with Gasteiger partial charge in [-0.15, -0.1) is 0 Å². The van der Waals surface area contributed by atoms with E-state index in [4.69, 9.17) is 13.8 Å². The number of furan rings is 2. The second-order valence-electron chi connectivity index (χ2n) is 5.91. The van der Waals surface area contributed by atoms with E-state index in [0.29, 0.717) is 0 Å². The van der Waals surface area contributed by atoms with Crippen LogP contribution < -0.4 is 0 Å². The molecule has 0 fully saturated rings. The third-order valence-corrected chi connectivity index (χ3v) is 4.40. The average Bonchev–Trinajstić information content (AvgIpc) is 3.41. The van der Waals surface area contributed by atoms with Gasteiger partial charge in [-0.25, -0.2) is 4.98 Å². The van der Waals surface area contributed by atoms with Crippen LogP contribution in [0, 0.1) is 0 Å². The number of hydrogen-bond acceptors (Lipinski definition) is 3. The summed E-state index contributed by atoms with van der Waals surface area (Å²) in [6.45, 7) is 0. The topological polar surface area (TPSA) is 59.9 Å². The zero-order valence-electron chi connectivity index (χ0n) is 13.6. The van der Waals surface area contributed by atoms with Gasteiger partial charge in [0.1, 0.15) is 5.76 Å². The summed E-state index contributed by atoms with van der Waals surface area (Å²) in [5, 5.41) is 0. The fourth-order valence-electron chi connectivity index (χ4n) is 3.20. The fourth-order valence-corrected chi connectivity index (χ4v) is 3.20. The van der Waals surface area contributed by atoms with Crippen LogP contribution in [0.3, 0.4) is 0 Å². The maximum absolute atomic E-state index is 5.61. The third kappa shape index (κ3) is 2.13. The van der Waals surface area contributed by atoms with Crippen LogP contribution in [0.15, 0.2) is 76.0 Å². The lowest BCUT2D eigenvalue weighted by molar-refractivity contribution is 0.574. The quantitative estimate of drug-likeness (QED) is 0.501. The minimum absolute atomic E-state index is 0.761. The summed E-state index contributed by atoms with van der Waals surface area (Å²) in [6.07, 6.45) is 3.33. The van der Waals surface area contributed by atoms with Crippen molar-refractivity contribution in [3.63, 3.8) is 0 Å². The van der Waals surface area contributed by atoms with Crippen molar-refractivity contribution in [3.05, 3.63) is 67.1 Å². The third-order valence-electron chi connectivity index (χ3n) is 4.40. The van der Waals surface area contributed by atoms with Crippen LogP contribution in [-0.4, -0.2) is 14.5 Å². The SMILES string of the molecule is Cn1c(-c2cc(-c3ccco3)c(-c3ccco3)[nH]2)nc2ccccc21. The van der Waals surface area contributed by atoms with Crippen molar-refractivity contribution in [2.75, 3.05) is 0 Å². The number of hydrogen-bond donors (Lipinski definition) is 1. The zero-order chi connectivity index (χ0) is 16.8. The van der Waals surface area contributed by atoms with Gasteiger partial charge >= 0.3 is 0 Å². The smallest absolute Gasteiger partial charge is 0.157 e. The van der Waals surface area contributed by atoms with Gasteiger partial charge in [0.25, 0.3) is 0 Å². The van der Waals surface area contributed by atoms with Gasteiger partial charge in [0.2, 0.25) is 0 Å². The van der Waals surface area contributed by atoms with Gasteiger partial charge in [0.05, 0.1) is 34.9 Å². The van der Waals surface area contributed by atoms with Gasteiger partial charge in [0.15, 0.2) is 11.6 Å². The molecule has 0 amide bonds. The molecule has 0 saturated carbocycles. The number of fused-ring (bicyclic) bond motifs is 1. The van der Waals surface area contributed by atoms with Crippen molar-refractivity contribution in [2.45, 2.75) is 0 Å². The second-order valence-corrected chi connectivity index (χ2v) is 5.91. The van der Waals surface area contributed by atoms with E-state index in [9.17, 15) is 0 Å². The lowest BCUT2D eigenvalue weighted by Crippen LogP contribution is -1.92. The first-order valence-corrected chi connectivity index (χ1v) is 8.04. The first kappa shape index (κ1) is 13.9. The Morgan fingerprint density at radius 3 is 2.40 bits per heavy atom. The van der Waals surface area contributed by atoms with E-state index in [-0.39, 0.29) is 0 Å². The summed E-state index contributed by atoms with van der Waals surface area (Å²) >= 11 is 0. The summed E-state index contributed by atoms with van der Waals surface area (Å²) in [5.74, 6) is 2.41. The molecule has 122 valence electrons. The molecule has 1 N–H and O–H groups in total. The summed E-state index contributed by atoms with van der Waals surface area (Å²) in [5.41, 5.74) is 4.79. The van der Waals surface area contributed by atoms with Crippen LogP contribution in [0.2, 0.25) is 0 Å². The molecule has 0 atom stereocenters. The van der Waals surface area contributed by atoms with Crippen LogP contribution in [0.4, 0.5) is 0 Å². The highest BCUT2D eigenvalue weighted by Crippen LogP contribution is 2.36. The number of nitrogens with one attached hydrogen (secondary N) is 1. The number of aromatic nitrogens is 3. The Bertz CT molecular complexity index is 1090. The van der Waals surface area contributed by atoms with E-state index in [0.717, 1.165) is 45.3 Å². The van der Waals surface area contributed by atoms with Crippen LogP contribution in [-0.2, 0) is 7.05 Å². The minimum Gasteiger partial charge on any atom is -0.464 e. The summed E-state index contributed by atoms with van der Waals surface area (Å²) in [4.78, 5) is 8.22. The lowest BCUT2D eigenvalue weighted by Gasteiger charge is -1.99. The zero-order valence-corrected chi connectivity index (χ0v) is 13.6. The molecule has 5 heteroatoms. The first-order valence-electron chi connectivity index (χ1n) is 8.04. The highest BCUT2D eigenvalue weighted by Gasteiger charge is 2.19. The number of aryl methyl sites for hydroxylation is 1. The number of para-hydroxylation sites is 2. The highest BCUT2D eigenvalue weighted by molar-refractivity contribution is 5.84. The van der Waals surface area contributed by atoms with E-state index < -0.39 is 0 Å². The molecule has 0 bridgehead atoms. The molecule has 0 unspecified atom stereocenters. The van der Waals surface area contributed by atoms with Crippen molar-refractivity contribution in [3.8, 4) is 34.3 Å². The predicted molar refractivity (Wildman–Crippen MR) is 95.9 cm³/mol. The number of rotatable bonds is 3. The minimum atomic E-state index is 0.761. The Hall–Kier alpha value is -3.47. The molecule has 5 nitrogen and oxygen atoms in total. The van der Waals surface area contributed by atoms with E-state index in [1.54, 1.807) is 12.5 Å². The van der Waals surface area contributed by atoms with E-state index in [1.807, 2.05) is 49.5 Å². The van der Waals surface area contributed by atoms with Gasteiger partial charge in [-0.2, -0.15) is 0 Å². The number of nitrogens with zero attached hydrogens (tertiary/aromatic N) is 2. The number of benzene rings is 1. The molecular formula is C20H15N3O2. The highest BCUT2D eigenvalue weighted by atomic mass is 16.3. The largest absolute Gasteiger partial charge is 0.464 e. The van der Waals surface area contributed by atoms with Crippen LogP contribution in [0.25, 0.3) is 45.3 Å². The monoisotopic (exact) mass is 329 g/mol. The first-order chi connectivity index (χ1) is 12.3. The second kappa shape index (κ2) is 5.27. The van der Waals surface area contributed by atoms with Crippen molar-refractivity contribution < 1.29 is 8.83 Å². The predicted octanol–water partition coefficient (Wildman–Crippen LogP) is 5.09. The molecule has 0 aliphatic carbocycles. The molecule has 5 rings (SSSR count). The Kier molecular flexibility index (Phi) is 2.94. The van der Waals surface area contributed by atoms with E-state index in [1.165, 1.54) is 0 Å². The molecule has 0 aliphatic rings. The van der Waals surface area contributed by atoms with Gasteiger partial charge in [-0.3, -0.25) is 0 Å². The molecule has 25 heavy (non-hydrogen) atoms. The van der Waals surface area contributed by atoms with Gasteiger partial charge < -0.3 is 18.4 Å². The van der Waals surface area contributed by atoms with Gasteiger partial charge in [0, 0.05) is 12.6 Å². The molecule has 4 aromatic heterocycles. The Morgan fingerprint density at radius 1 is 0.920 bits per heavy atom. The summed E-state index contributed by atoms with van der Waals surface area (Å²) < 4.78 is 13.3. The standard InChI is InChI=1S/C20H15N3O2/c1-23-16-7-3-2-6-14(16)22-20(23)15-12-13(17-8-4-10-24-17)19(21-15)18-9-5-11-25-18/h2-12,21H,1H3. The molecule has 0 saturated heterocycles. The molecule has 5 aromatic rings. The molecular weight excluding hydrogens is 314 g/mol. The van der Waals surface area contributed by atoms with Crippen molar-refractivity contribution >= 4 is 11.0 Å². The van der Waals surface area contributed by atoms with Crippen molar-refractivity contribution in [1.29, 1.82) is 0 Å². The van der Waals surface area contributed by atoms with Crippen molar-refractivity contribution in [1.82, 2.24) is 14.5 Å². The lowest BCUT2D eigenvalue weighted by atomic mass is 10.1. The molecule has 1 aromatic carbocycles. The Balaban J connectivity index is 1.74. The average molecular weight is 329 g/mol. The van der Waals surface area contributed by atoms with Gasteiger partial charge in [-0.1, -0.05) is 12.1 Å². The van der Waals surface area contributed by atoms with Gasteiger partial charge in [-0.05, 0) is 42.5 Å². The van der Waals surface area contributed by atoms with E-state index in [2.05, 4.69) is 21.7 Å². The van der Waals surface area contributed by atoms with Crippen LogP contribution >= 0.6 is 0 Å². The molecule has 0 radical (unpaired) electrons. The van der Waals surface area contributed by atoms with Crippen LogP contribution in [0.1, 0.15) is 0 Å². The fraction of sp³-hybridized carbons (Fsp3) is 0.0500. The number of imidazole rings is 1. The van der Waals surface area contributed by atoms with Crippen molar-refractivity contribution in [2.24, 2.45) is 7.05 Å². The van der Waals surface area contributed by atoms with E-state index >= 15 is 0 Å². The maximum atomic E-state index is 5.61. The number of H-pyrrole nitrogens is 1.